The van der Waals surface area contributed by atoms with Gasteiger partial charge in [-0.05, 0) is 30.9 Å². The van der Waals surface area contributed by atoms with E-state index in [1.54, 1.807) is 0 Å². The van der Waals surface area contributed by atoms with E-state index in [1.807, 2.05) is 6.07 Å². The van der Waals surface area contributed by atoms with E-state index in [0.29, 0.717) is 5.82 Å². The molecule has 0 atom stereocenters. The van der Waals surface area contributed by atoms with Crippen molar-refractivity contribution in [2.75, 3.05) is 16.9 Å². The van der Waals surface area contributed by atoms with Crippen molar-refractivity contribution in [1.82, 2.24) is 9.97 Å². The number of anilines is 3. The van der Waals surface area contributed by atoms with Gasteiger partial charge in [-0.2, -0.15) is 0 Å². The Labute approximate surface area is 125 Å². The van der Waals surface area contributed by atoms with Gasteiger partial charge in [0.25, 0.3) is 0 Å². The highest BCUT2D eigenvalue weighted by Gasteiger charge is 2.19. The summed E-state index contributed by atoms with van der Waals surface area (Å²) < 4.78 is 0. The molecule has 0 saturated heterocycles. The molecule has 1 aromatic carbocycles. The number of hydrogen-bond donors (Lipinski definition) is 2. The lowest BCUT2D eigenvalue weighted by atomic mass is 10.0. The maximum absolute atomic E-state index is 5.55. The minimum atomic E-state index is 0.673. The highest BCUT2D eigenvalue weighted by atomic mass is 15.3. The summed E-state index contributed by atoms with van der Waals surface area (Å²) in [6.07, 6.45) is 4.14. The summed E-state index contributed by atoms with van der Waals surface area (Å²) in [4.78, 5) is 11.4. The van der Waals surface area contributed by atoms with Crippen LogP contribution in [-0.4, -0.2) is 16.5 Å². The standard InChI is InChI=1S/C16H21N5/c1-2-6-14-18-15(20-17)11-16(19-14)21-10-5-8-12-7-3-4-9-13(12)21/h3-4,7,9,11H,2,5-6,8,10,17H2,1H3,(H,18,19,20). The van der Waals surface area contributed by atoms with Crippen LogP contribution in [0.25, 0.3) is 0 Å². The van der Waals surface area contributed by atoms with Gasteiger partial charge in [-0.3, -0.25) is 0 Å². The van der Waals surface area contributed by atoms with Crippen molar-refractivity contribution in [3.63, 3.8) is 0 Å². The fourth-order valence-electron chi connectivity index (χ4n) is 2.80. The van der Waals surface area contributed by atoms with E-state index in [-0.39, 0.29) is 0 Å². The zero-order chi connectivity index (χ0) is 14.7. The summed E-state index contributed by atoms with van der Waals surface area (Å²) in [6.45, 7) is 3.10. The van der Waals surface area contributed by atoms with Gasteiger partial charge in [0, 0.05) is 24.7 Å². The van der Waals surface area contributed by atoms with Crippen molar-refractivity contribution >= 4 is 17.3 Å². The Hall–Kier alpha value is -2.14. The Morgan fingerprint density at radius 2 is 2.14 bits per heavy atom. The fraction of sp³-hybridized carbons (Fsp3) is 0.375. The van der Waals surface area contributed by atoms with Gasteiger partial charge in [-0.1, -0.05) is 25.1 Å². The van der Waals surface area contributed by atoms with Gasteiger partial charge in [0.2, 0.25) is 0 Å². The van der Waals surface area contributed by atoms with E-state index in [0.717, 1.165) is 43.9 Å². The quantitative estimate of drug-likeness (QED) is 0.667. The van der Waals surface area contributed by atoms with Gasteiger partial charge in [-0.15, -0.1) is 0 Å². The van der Waals surface area contributed by atoms with Crippen LogP contribution in [-0.2, 0) is 12.8 Å². The molecule has 0 bridgehead atoms. The summed E-state index contributed by atoms with van der Waals surface area (Å²) in [5.74, 6) is 7.99. The van der Waals surface area contributed by atoms with Crippen molar-refractivity contribution in [3.8, 4) is 0 Å². The largest absolute Gasteiger partial charge is 0.326 e. The zero-order valence-corrected chi connectivity index (χ0v) is 12.3. The Morgan fingerprint density at radius 1 is 1.29 bits per heavy atom. The van der Waals surface area contributed by atoms with E-state index in [4.69, 9.17) is 10.8 Å². The normalized spacial score (nSPS) is 13.9. The molecule has 0 aliphatic carbocycles. The van der Waals surface area contributed by atoms with Crippen LogP contribution in [0.4, 0.5) is 17.3 Å². The first-order valence-corrected chi connectivity index (χ1v) is 7.52. The van der Waals surface area contributed by atoms with Crippen molar-refractivity contribution in [3.05, 3.63) is 41.7 Å². The molecular formula is C16H21N5. The van der Waals surface area contributed by atoms with Gasteiger partial charge in [0.1, 0.15) is 17.5 Å². The maximum atomic E-state index is 5.55. The molecule has 1 aliphatic rings. The Balaban J connectivity index is 2.02. The van der Waals surface area contributed by atoms with Crippen LogP contribution in [0.3, 0.4) is 0 Å². The second-order valence-electron chi connectivity index (χ2n) is 5.31. The molecule has 2 aromatic rings. The molecule has 5 heteroatoms. The number of rotatable bonds is 4. The predicted molar refractivity (Wildman–Crippen MR) is 85.6 cm³/mol. The molecule has 0 radical (unpaired) electrons. The number of para-hydroxylation sites is 1. The summed E-state index contributed by atoms with van der Waals surface area (Å²) in [6, 6.07) is 10.4. The van der Waals surface area contributed by atoms with Crippen molar-refractivity contribution < 1.29 is 0 Å². The minimum Gasteiger partial charge on any atom is -0.326 e. The number of aromatic nitrogens is 2. The van der Waals surface area contributed by atoms with Gasteiger partial charge in [0.05, 0.1) is 0 Å². The molecule has 5 nitrogen and oxygen atoms in total. The molecule has 0 saturated carbocycles. The summed E-state index contributed by atoms with van der Waals surface area (Å²) in [7, 11) is 0. The number of aryl methyl sites for hydroxylation is 2. The zero-order valence-electron chi connectivity index (χ0n) is 12.3. The number of nitrogens with one attached hydrogen (secondary N) is 1. The van der Waals surface area contributed by atoms with Crippen LogP contribution in [0.1, 0.15) is 31.2 Å². The number of nitrogen functional groups attached to an aromatic ring is 1. The van der Waals surface area contributed by atoms with Gasteiger partial charge >= 0.3 is 0 Å². The lowest BCUT2D eigenvalue weighted by Gasteiger charge is -2.30. The third-order valence-electron chi connectivity index (χ3n) is 3.77. The molecule has 0 unspecified atom stereocenters. The van der Waals surface area contributed by atoms with Crippen LogP contribution in [0.2, 0.25) is 0 Å². The van der Waals surface area contributed by atoms with E-state index in [1.165, 1.54) is 11.3 Å². The smallest absolute Gasteiger partial charge is 0.145 e. The molecule has 110 valence electrons. The third kappa shape index (κ3) is 2.83. The molecule has 0 amide bonds. The topological polar surface area (TPSA) is 67.1 Å². The molecule has 1 aliphatic heterocycles. The highest BCUT2D eigenvalue weighted by Crippen LogP contribution is 2.32. The number of fused-ring (bicyclic) bond motifs is 1. The van der Waals surface area contributed by atoms with E-state index >= 15 is 0 Å². The van der Waals surface area contributed by atoms with Crippen molar-refractivity contribution in [1.29, 1.82) is 0 Å². The van der Waals surface area contributed by atoms with E-state index in [9.17, 15) is 0 Å². The van der Waals surface area contributed by atoms with Crippen LogP contribution in [0.5, 0.6) is 0 Å². The van der Waals surface area contributed by atoms with Crippen molar-refractivity contribution in [2.24, 2.45) is 5.84 Å². The van der Waals surface area contributed by atoms with Crippen LogP contribution >= 0.6 is 0 Å². The molecule has 2 heterocycles. The lowest BCUT2D eigenvalue weighted by molar-refractivity contribution is 0.750. The number of hydrogen-bond acceptors (Lipinski definition) is 5. The molecule has 3 N–H and O–H groups in total. The van der Waals surface area contributed by atoms with Gasteiger partial charge < -0.3 is 10.3 Å². The SMILES string of the molecule is CCCc1nc(NN)cc(N2CCCc3ccccc32)n1. The fourth-order valence-corrected chi connectivity index (χ4v) is 2.80. The Bertz CT molecular complexity index is 626. The number of hydrazine groups is 1. The highest BCUT2D eigenvalue weighted by molar-refractivity contribution is 5.67. The maximum Gasteiger partial charge on any atom is 0.145 e. The van der Waals surface area contributed by atoms with E-state index in [2.05, 4.69) is 46.5 Å². The second-order valence-corrected chi connectivity index (χ2v) is 5.31. The number of nitrogens with zero attached hydrogens (tertiary/aromatic N) is 3. The number of benzene rings is 1. The monoisotopic (exact) mass is 283 g/mol. The summed E-state index contributed by atoms with van der Waals surface area (Å²) in [5, 5.41) is 0. The number of nitrogens with two attached hydrogens (primary N) is 1. The van der Waals surface area contributed by atoms with Crippen LogP contribution in [0, 0.1) is 0 Å². The van der Waals surface area contributed by atoms with Crippen LogP contribution < -0.4 is 16.2 Å². The van der Waals surface area contributed by atoms with Gasteiger partial charge in [0.15, 0.2) is 0 Å². The lowest BCUT2D eigenvalue weighted by Crippen LogP contribution is -2.26. The molecule has 21 heavy (non-hydrogen) atoms. The average Bonchev–Trinajstić information content (AvgIpc) is 2.54. The molecule has 0 spiro atoms. The first-order valence-electron chi connectivity index (χ1n) is 7.52. The van der Waals surface area contributed by atoms with Crippen LogP contribution in [0.15, 0.2) is 30.3 Å². The molecule has 1 aromatic heterocycles. The first kappa shape index (κ1) is 13.8. The first-order chi connectivity index (χ1) is 10.3. The Kier molecular flexibility index (Phi) is 4.01. The minimum absolute atomic E-state index is 0.673. The molecular weight excluding hydrogens is 262 g/mol. The third-order valence-corrected chi connectivity index (χ3v) is 3.77. The summed E-state index contributed by atoms with van der Waals surface area (Å²) >= 11 is 0. The predicted octanol–water partition coefficient (Wildman–Crippen LogP) is 2.80. The molecule has 0 fully saturated rings. The second kappa shape index (κ2) is 6.10. The summed E-state index contributed by atoms with van der Waals surface area (Å²) in [5.41, 5.74) is 5.27. The molecule has 3 rings (SSSR count). The average molecular weight is 283 g/mol. The Morgan fingerprint density at radius 3 is 2.95 bits per heavy atom. The van der Waals surface area contributed by atoms with E-state index < -0.39 is 0 Å². The van der Waals surface area contributed by atoms with Gasteiger partial charge in [-0.25, -0.2) is 15.8 Å². The van der Waals surface area contributed by atoms with Crippen molar-refractivity contribution in [2.45, 2.75) is 32.6 Å².